The molecule has 1 N–H and O–H groups in total. The summed E-state index contributed by atoms with van der Waals surface area (Å²) in [6.07, 6.45) is 5.25. The van der Waals surface area contributed by atoms with Crippen molar-refractivity contribution in [2.24, 2.45) is 5.92 Å². The van der Waals surface area contributed by atoms with Crippen LogP contribution in [0.3, 0.4) is 0 Å². The molecule has 1 aliphatic carbocycles. The first-order valence-corrected chi connectivity index (χ1v) is 9.56. The van der Waals surface area contributed by atoms with E-state index < -0.39 is 9.84 Å². The molecule has 0 radical (unpaired) electrons. The molecule has 0 spiro atoms. The standard InChI is InChI=1S/C16H25NO2S/c1-3-10-17-16-14(8-6-11-20(2,18)19)12-13-7-4-5-9-15(13)16/h4-5,7,9,14,16-17H,3,6,8,10-12H2,1-2H3. The molecular weight excluding hydrogens is 270 g/mol. The molecule has 3 nitrogen and oxygen atoms in total. The molecule has 1 aliphatic rings. The van der Waals surface area contributed by atoms with Gasteiger partial charge in [-0.15, -0.1) is 0 Å². The van der Waals surface area contributed by atoms with Crippen LogP contribution < -0.4 is 5.32 Å². The van der Waals surface area contributed by atoms with Crippen molar-refractivity contribution in [2.45, 2.75) is 38.6 Å². The summed E-state index contributed by atoms with van der Waals surface area (Å²) < 4.78 is 22.5. The fourth-order valence-corrected chi connectivity index (χ4v) is 3.82. The van der Waals surface area contributed by atoms with E-state index in [0.29, 0.717) is 17.7 Å². The zero-order valence-electron chi connectivity index (χ0n) is 12.4. The highest BCUT2D eigenvalue weighted by molar-refractivity contribution is 7.90. The molecule has 0 saturated carbocycles. The number of rotatable bonds is 7. The Balaban J connectivity index is 2.01. The van der Waals surface area contributed by atoms with Crippen molar-refractivity contribution in [3.05, 3.63) is 35.4 Å². The predicted molar refractivity (Wildman–Crippen MR) is 83.6 cm³/mol. The van der Waals surface area contributed by atoms with Crippen LogP contribution in [-0.4, -0.2) is 27.0 Å². The van der Waals surface area contributed by atoms with Crippen LogP contribution in [-0.2, 0) is 16.3 Å². The Morgan fingerprint density at radius 1 is 1.30 bits per heavy atom. The van der Waals surface area contributed by atoms with Crippen LogP contribution in [0.1, 0.15) is 43.4 Å². The molecule has 0 fully saturated rings. The topological polar surface area (TPSA) is 46.2 Å². The van der Waals surface area contributed by atoms with E-state index in [1.54, 1.807) is 0 Å². The highest BCUT2D eigenvalue weighted by Crippen LogP contribution is 2.38. The molecule has 20 heavy (non-hydrogen) atoms. The average molecular weight is 295 g/mol. The molecular formula is C16H25NO2S. The number of hydrogen-bond acceptors (Lipinski definition) is 3. The van der Waals surface area contributed by atoms with Gasteiger partial charge in [0.25, 0.3) is 0 Å². The fourth-order valence-electron chi connectivity index (χ4n) is 3.13. The third-order valence-electron chi connectivity index (χ3n) is 4.05. The van der Waals surface area contributed by atoms with Crippen LogP contribution in [0.5, 0.6) is 0 Å². The van der Waals surface area contributed by atoms with Crippen LogP contribution in [0.4, 0.5) is 0 Å². The fraction of sp³-hybridized carbons (Fsp3) is 0.625. The molecule has 4 heteroatoms. The largest absolute Gasteiger partial charge is 0.310 e. The van der Waals surface area contributed by atoms with Gasteiger partial charge in [-0.25, -0.2) is 8.42 Å². The Morgan fingerprint density at radius 3 is 2.75 bits per heavy atom. The van der Waals surface area contributed by atoms with Gasteiger partial charge in [0.15, 0.2) is 0 Å². The number of nitrogens with one attached hydrogen (secondary N) is 1. The lowest BCUT2D eigenvalue weighted by atomic mass is 9.95. The van der Waals surface area contributed by atoms with E-state index in [1.165, 1.54) is 17.4 Å². The molecule has 112 valence electrons. The summed E-state index contributed by atoms with van der Waals surface area (Å²) in [5.74, 6) is 0.834. The van der Waals surface area contributed by atoms with E-state index in [9.17, 15) is 8.42 Å². The van der Waals surface area contributed by atoms with Crippen LogP contribution in [0.15, 0.2) is 24.3 Å². The second kappa shape index (κ2) is 6.72. The van der Waals surface area contributed by atoms with Gasteiger partial charge in [0.2, 0.25) is 0 Å². The van der Waals surface area contributed by atoms with Crippen LogP contribution in [0, 0.1) is 5.92 Å². The molecule has 0 aromatic heterocycles. The second-order valence-corrected chi connectivity index (χ2v) is 8.13. The quantitative estimate of drug-likeness (QED) is 0.841. The van der Waals surface area contributed by atoms with Crippen molar-refractivity contribution in [3.63, 3.8) is 0 Å². The summed E-state index contributed by atoms with van der Waals surface area (Å²) in [7, 11) is -2.84. The smallest absolute Gasteiger partial charge is 0.147 e. The van der Waals surface area contributed by atoms with E-state index in [2.05, 4.69) is 36.5 Å². The number of fused-ring (bicyclic) bond motifs is 1. The molecule has 0 amide bonds. The third kappa shape index (κ3) is 4.06. The Hall–Kier alpha value is -0.870. The number of hydrogen-bond donors (Lipinski definition) is 1. The van der Waals surface area contributed by atoms with Crippen molar-refractivity contribution in [3.8, 4) is 0 Å². The zero-order valence-corrected chi connectivity index (χ0v) is 13.2. The third-order valence-corrected chi connectivity index (χ3v) is 5.08. The Labute approximate surface area is 122 Å². The van der Waals surface area contributed by atoms with Gasteiger partial charge in [-0.3, -0.25) is 0 Å². The number of benzene rings is 1. The highest BCUT2D eigenvalue weighted by atomic mass is 32.2. The van der Waals surface area contributed by atoms with Crippen molar-refractivity contribution >= 4 is 9.84 Å². The van der Waals surface area contributed by atoms with Gasteiger partial charge >= 0.3 is 0 Å². The van der Waals surface area contributed by atoms with Crippen molar-refractivity contribution in [1.82, 2.24) is 5.32 Å². The summed E-state index contributed by atoms with van der Waals surface area (Å²) in [4.78, 5) is 0. The van der Waals surface area contributed by atoms with Crippen LogP contribution >= 0.6 is 0 Å². The van der Waals surface area contributed by atoms with E-state index in [4.69, 9.17) is 0 Å². The first-order chi connectivity index (χ1) is 9.51. The predicted octanol–water partition coefficient (Wildman–Crippen LogP) is 2.72. The molecule has 0 bridgehead atoms. The van der Waals surface area contributed by atoms with Gasteiger partial charge in [-0.2, -0.15) is 0 Å². The van der Waals surface area contributed by atoms with Gasteiger partial charge in [0.1, 0.15) is 9.84 Å². The van der Waals surface area contributed by atoms with Gasteiger partial charge in [-0.1, -0.05) is 31.2 Å². The van der Waals surface area contributed by atoms with Gasteiger partial charge in [0.05, 0.1) is 0 Å². The second-order valence-electron chi connectivity index (χ2n) is 5.87. The Bertz CT molecular complexity index is 539. The van der Waals surface area contributed by atoms with Gasteiger partial charge < -0.3 is 5.32 Å². The molecule has 1 aromatic carbocycles. The summed E-state index contributed by atoms with van der Waals surface area (Å²) in [5, 5.41) is 3.64. The highest BCUT2D eigenvalue weighted by Gasteiger charge is 2.31. The van der Waals surface area contributed by atoms with E-state index >= 15 is 0 Å². The first kappa shape index (κ1) is 15.5. The summed E-state index contributed by atoms with van der Waals surface area (Å²) in [5.41, 5.74) is 2.83. The van der Waals surface area contributed by atoms with Gasteiger partial charge in [0, 0.05) is 18.1 Å². The minimum atomic E-state index is -2.84. The zero-order chi connectivity index (χ0) is 14.6. The maximum Gasteiger partial charge on any atom is 0.147 e. The maximum atomic E-state index is 11.3. The van der Waals surface area contributed by atoms with Crippen molar-refractivity contribution < 1.29 is 8.42 Å². The average Bonchev–Trinajstić information content (AvgIpc) is 2.72. The Morgan fingerprint density at radius 2 is 2.05 bits per heavy atom. The number of sulfone groups is 1. The van der Waals surface area contributed by atoms with Gasteiger partial charge in [-0.05, 0) is 49.3 Å². The normalized spacial score (nSPS) is 21.9. The Kier molecular flexibility index (Phi) is 5.22. The minimum absolute atomic E-state index is 0.306. The van der Waals surface area contributed by atoms with E-state index in [-0.39, 0.29) is 0 Å². The van der Waals surface area contributed by atoms with Crippen LogP contribution in [0.2, 0.25) is 0 Å². The molecule has 0 heterocycles. The molecule has 2 unspecified atom stereocenters. The van der Waals surface area contributed by atoms with E-state index in [0.717, 1.165) is 32.2 Å². The minimum Gasteiger partial charge on any atom is -0.310 e. The molecule has 0 saturated heterocycles. The lowest BCUT2D eigenvalue weighted by molar-refractivity contribution is 0.365. The maximum absolute atomic E-state index is 11.3. The molecule has 0 aliphatic heterocycles. The van der Waals surface area contributed by atoms with Crippen molar-refractivity contribution in [1.29, 1.82) is 0 Å². The SMILES string of the molecule is CCCNC1c2ccccc2CC1CCCS(C)(=O)=O. The summed E-state index contributed by atoms with van der Waals surface area (Å²) in [6, 6.07) is 8.99. The van der Waals surface area contributed by atoms with E-state index in [1.807, 2.05) is 0 Å². The molecule has 2 atom stereocenters. The van der Waals surface area contributed by atoms with Crippen molar-refractivity contribution in [2.75, 3.05) is 18.6 Å². The lowest BCUT2D eigenvalue weighted by Crippen LogP contribution is -2.26. The lowest BCUT2D eigenvalue weighted by Gasteiger charge is -2.21. The summed E-state index contributed by atoms with van der Waals surface area (Å²) in [6.45, 7) is 3.19. The summed E-state index contributed by atoms with van der Waals surface area (Å²) >= 11 is 0. The first-order valence-electron chi connectivity index (χ1n) is 7.50. The molecule has 1 aromatic rings. The monoisotopic (exact) mass is 295 g/mol. The van der Waals surface area contributed by atoms with Crippen LogP contribution in [0.25, 0.3) is 0 Å². The molecule has 2 rings (SSSR count).